The second-order valence-corrected chi connectivity index (χ2v) is 6.79. The van der Waals surface area contributed by atoms with Crippen LogP contribution in [0.5, 0.6) is 23.0 Å². The number of hydrogen-bond acceptors (Lipinski definition) is 6. The molecule has 3 heterocycles. The highest BCUT2D eigenvalue weighted by molar-refractivity contribution is 5.74. The minimum atomic E-state index is -0.184. The lowest BCUT2D eigenvalue weighted by molar-refractivity contribution is -0.140. The number of rotatable bonds is 3. The van der Waals surface area contributed by atoms with Gasteiger partial charge in [-0.2, -0.15) is 0 Å². The average molecular weight is 354 g/mol. The summed E-state index contributed by atoms with van der Waals surface area (Å²) >= 11 is 0. The van der Waals surface area contributed by atoms with Gasteiger partial charge in [0.25, 0.3) is 0 Å². The van der Waals surface area contributed by atoms with Gasteiger partial charge in [-0.15, -0.1) is 0 Å². The second kappa shape index (κ2) is 5.83. The van der Waals surface area contributed by atoms with Crippen molar-refractivity contribution in [3.63, 3.8) is 0 Å². The molecule has 0 unspecified atom stereocenters. The Labute approximate surface area is 150 Å². The van der Waals surface area contributed by atoms with Gasteiger partial charge in [0, 0.05) is 11.8 Å². The van der Waals surface area contributed by atoms with E-state index in [0.717, 1.165) is 34.1 Å². The molecule has 1 saturated heterocycles. The Kier molecular flexibility index (Phi) is 3.45. The number of carbonyl (C=O) groups excluding carboxylic acids is 1. The average Bonchev–Trinajstić information content (AvgIpc) is 3.37. The highest BCUT2D eigenvalue weighted by Gasteiger charge is 2.40. The summed E-state index contributed by atoms with van der Waals surface area (Å²) in [5.74, 6) is 2.60. The molecular weight excluding hydrogens is 336 g/mol. The van der Waals surface area contributed by atoms with Crippen LogP contribution in [-0.2, 0) is 9.53 Å². The first-order valence-electron chi connectivity index (χ1n) is 8.66. The molecule has 3 aliphatic heterocycles. The Morgan fingerprint density at radius 3 is 1.85 bits per heavy atom. The van der Waals surface area contributed by atoms with Crippen LogP contribution in [0.4, 0.5) is 0 Å². The highest BCUT2D eigenvalue weighted by atomic mass is 16.7. The molecular formula is C20H18O6. The summed E-state index contributed by atoms with van der Waals surface area (Å²) in [6, 6.07) is 11.9. The van der Waals surface area contributed by atoms with Crippen LogP contribution >= 0.6 is 0 Å². The molecule has 0 bridgehead atoms. The van der Waals surface area contributed by atoms with E-state index in [4.69, 9.17) is 23.7 Å². The summed E-state index contributed by atoms with van der Waals surface area (Å²) in [6.45, 7) is 2.78. The zero-order valence-electron chi connectivity index (χ0n) is 14.3. The zero-order chi connectivity index (χ0) is 17.7. The summed E-state index contributed by atoms with van der Waals surface area (Å²) in [5, 5.41) is 0. The van der Waals surface area contributed by atoms with Gasteiger partial charge in [0.2, 0.25) is 13.6 Å². The molecule has 2 aromatic carbocycles. The van der Waals surface area contributed by atoms with Crippen LogP contribution in [0.1, 0.15) is 24.0 Å². The van der Waals surface area contributed by atoms with Crippen molar-refractivity contribution in [3.8, 4) is 23.0 Å². The summed E-state index contributed by atoms with van der Waals surface area (Å²) < 4.78 is 27.3. The van der Waals surface area contributed by atoms with Gasteiger partial charge < -0.3 is 23.7 Å². The van der Waals surface area contributed by atoms with Crippen molar-refractivity contribution in [2.45, 2.75) is 12.8 Å². The third-order valence-corrected chi connectivity index (χ3v) is 5.37. The van der Waals surface area contributed by atoms with Crippen LogP contribution in [0.2, 0.25) is 0 Å². The molecule has 0 radical (unpaired) electrons. The monoisotopic (exact) mass is 354 g/mol. The fourth-order valence-electron chi connectivity index (χ4n) is 3.91. The topological polar surface area (TPSA) is 63.2 Å². The van der Waals surface area contributed by atoms with Crippen LogP contribution in [0.3, 0.4) is 0 Å². The van der Waals surface area contributed by atoms with Crippen molar-refractivity contribution in [1.82, 2.24) is 0 Å². The molecule has 3 aliphatic rings. The Hall–Kier alpha value is -2.89. The fraction of sp³-hybridized carbons (Fsp3) is 0.350. The summed E-state index contributed by atoms with van der Waals surface area (Å²) in [6.07, 6.45) is 0. The van der Waals surface area contributed by atoms with E-state index in [1.54, 1.807) is 0 Å². The van der Waals surface area contributed by atoms with Crippen LogP contribution in [0, 0.1) is 11.8 Å². The Balaban J connectivity index is 1.60. The van der Waals surface area contributed by atoms with Crippen molar-refractivity contribution >= 4 is 5.97 Å². The molecule has 0 amide bonds. The van der Waals surface area contributed by atoms with Crippen molar-refractivity contribution in [1.29, 1.82) is 0 Å². The van der Waals surface area contributed by atoms with E-state index in [1.807, 2.05) is 43.3 Å². The lowest BCUT2D eigenvalue weighted by Gasteiger charge is -2.25. The normalized spacial score (nSPS) is 22.8. The summed E-state index contributed by atoms with van der Waals surface area (Å²) in [4.78, 5) is 12.0. The number of cyclic esters (lactones) is 1. The molecule has 5 rings (SSSR count). The van der Waals surface area contributed by atoms with E-state index in [0.29, 0.717) is 6.61 Å². The molecule has 0 spiro atoms. The first-order valence-corrected chi connectivity index (χ1v) is 8.66. The number of ether oxygens (including phenoxy) is 5. The second-order valence-electron chi connectivity index (χ2n) is 6.79. The van der Waals surface area contributed by atoms with E-state index in [-0.39, 0.29) is 37.3 Å². The molecule has 0 N–H and O–H groups in total. The SMILES string of the molecule is C[C@H]1C(=O)OC[C@@H]1C(c1ccc2c(c1)OCO2)c1ccc2c(c1)OCO2. The zero-order valence-corrected chi connectivity index (χ0v) is 14.3. The van der Waals surface area contributed by atoms with Crippen molar-refractivity contribution in [2.75, 3.05) is 20.2 Å². The van der Waals surface area contributed by atoms with Crippen molar-refractivity contribution in [2.24, 2.45) is 11.8 Å². The molecule has 2 atom stereocenters. The lowest BCUT2D eigenvalue weighted by Crippen LogP contribution is -2.21. The number of esters is 1. The predicted molar refractivity (Wildman–Crippen MR) is 90.6 cm³/mol. The molecule has 0 saturated carbocycles. The number of carbonyl (C=O) groups is 1. The van der Waals surface area contributed by atoms with Crippen LogP contribution < -0.4 is 18.9 Å². The molecule has 2 aromatic rings. The van der Waals surface area contributed by atoms with Gasteiger partial charge in [0.1, 0.15) is 0 Å². The van der Waals surface area contributed by atoms with Gasteiger partial charge >= 0.3 is 5.97 Å². The van der Waals surface area contributed by atoms with Crippen molar-refractivity contribution < 1.29 is 28.5 Å². The van der Waals surface area contributed by atoms with E-state index < -0.39 is 0 Å². The van der Waals surface area contributed by atoms with E-state index in [2.05, 4.69) is 0 Å². The van der Waals surface area contributed by atoms with Crippen molar-refractivity contribution in [3.05, 3.63) is 47.5 Å². The Morgan fingerprint density at radius 1 is 0.808 bits per heavy atom. The molecule has 0 aromatic heterocycles. The van der Waals surface area contributed by atoms with Crippen LogP contribution in [0.15, 0.2) is 36.4 Å². The standard InChI is InChI=1S/C20H18O6/c1-11-14(8-22-20(11)21)19(12-2-4-15-17(6-12)25-9-23-15)13-3-5-16-18(7-13)26-10-24-16/h2-7,11,14,19H,8-10H2,1H3/t11-,14+/m1/s1. The highest BCUT2D eigenvalue weighted by Crippen LogP contribution is 2.45. The number of hydrogen-bond donors (Lipinski definition) is 0. The quantitative estimate of drug-likeness (QED) is 0.790. The molecule has 134 valence electrons. The van der Waals surface area contributed by atoms with Gasteiger partial charge in [0.15, 0.2) is 23.0 Å². The van der Waals surface area contributed by atoms with Gasteiger partial charge in [-0.3, -0.25) is 4.79 Å². The Morgan fingerprint density at radius 2 is 1.35 bits per heavy atom. The predicted octanol–water partition coefficient (Wildman–Crippen LogP) is 3.09. The van der Waals surface area contributed by atoms with Gasteiger partial charge in [0.05, 0.1) is 12.5 Å². The van der Waals surface area contributed by atoms with E-state index in [9.17, 15) is 4.79 Å². The molecule has 26 heavy (non-hydrogen) atoms. The molecule has 6 heteroatoms. The number of benzene rings is 2. The molecule has 6 nitrogen and oxygen atoms in total. The minimum absolute atomic E-state index is 0.0274. The van der Waals surface area contributed by atoms with Crippen LogP contribution in [-0.4, -0.2) is 26.2 Å². The summed E-state index contributed by atoms with van der Waals surface area (Å²) in [5.41, 5.74) is 2.12. The van der Waals surface area contributed by atoms with Gasteiger partial charge in [-0.05, 0) is 35.4 Å². The summed E-state index contributed by atoms with van der Waals surface area (Å²) in [7, 11) is 0. The first-order chi connectivity index (χ1) is 12.7. The smallest absolute Gasteiger partial charge is 0.309 e. The maximum absolute atomic E-state index is 12.0. The number of fused-ring (bicyclic) bond motifs is 2. The van der Waals surface area contributed by atoms with Crippen LogP contribution in [0.25, 0.3) is 0 Å². The van der Waals surface area contributed by atoms with E-state index >= 15 is 0 Å². The maximum atomic E-state index is 12.0. The minimum Gasteiger partial charge on any atom is -0.465 e. The fourth-order valence-corrected chi connectivity index (χ4v) is 3.91. The maximum Gasteiger partial charge on any atom is 0.309 e. The Bertz CT molecular complexity index is 819. The van der Waals surface area contributed by atoms with Gasteiger partial charge in [-0.1, -0.05) is 19.1 Å². The first kappa shape index (κ1) is 15.4. The third kappa shape index (κ3) is 2.36. The van der Waals surface area contributed by atoms with E-state index in [1.165, 1.54) is 0 Å². The molecule has 0 aliphatic carbocycles. The lowest BCUT2D eigenvalue weighted by atomic mass is 9.76. The largest absolute Gasteiger partial charge is 0.465 e. The molecule has 1 fully saturated rings. The third-order valence-electron chi connectivity index (χ3n) is 5.37. The van der Waals surface area contributed by atoms with Gasteiger partial charge in [-0.25, -0.2) is 0 Å².